The molecule has 0 heterocycles. The van der Waals surface area contributed by atoms with Crippen LogP contribution in [0, 0.1) is 5.41 Å². The number of carbonyl (C=O) groups is 2. The number of esters is 1. The van der Waals surface area contributed by atoms with Crippen LogP contribution in [0.1, 0.15) is 20.8 Å². The molecule has 1 aromatic rings. The number of methoxy groups -OCH3 is 1. The zero-order valence-electron chi connectivity index (χ0n) is 12.8. The molecule has 0 saturated heterocycles. The SMILES string of the molecule is COC(=O)COc1ccc(NC(=O)[C@@H](N)C(C)(C)C)cc1. The van der Waals surface area contributed by atoms with E-state index < -0.39 is 12.0 Å². The largest absolute Gasteiger partial charge is 0.482 e. The van der Waals surface area contributed by atoms with E-state index in [4.69, 9.17) is 10.5 Å². The quantitative estimate of drug-likeness (QED) is 0.804. The minimum absolute atomic E-state index is 0.156. The molecular weight excluding hydrogens is 272 g/mol. The van der Waals surface area contributed by atoms with Gasteiger partial charge in [0, 0.05) is 5.69 Å². The Kier molecular flexibility index (Phi) is 5.72. The molecule has 116 valence electrons. The van der Waals surface area contributed by atoms with Gasteiger partial charge in [-0.05, 0) is 29.7 Å². The number of carbonyl (C=O) groups excluding carboxylic acids is 2. The summed E-state index contributed by atoms with van der Waals surface area (Å²) in [7, 11) is 1.29. The van der Waals surface area contributed by atoms with E-state index in [-0.39, 0.29) is 17.9 Å². The van der Waals surface area contributed by atoms with E-state index in [0.29, 0.717) is 11.4 Å². The zero-order chi connectivity index (χ0) is 16.0. The van der Waals surface area contributed by atoms with Gasteiger partial charge in [0.15, 0.2) is 6.61 Å². The van der Waals surface area contributed by atoms with Gasteiger partial charge in [-0.15, -0.1) is 0 Å². The van der Waals surface area contributed by atoms with Crippen molar-refractivity contribution in [2.75, 3.05) is 19.0 Å². The van der Waals surface area contributed by atoms with Gasteiger partial charge < -0.3 is 20.5 Å². The van der Waals surface area contributed by atoms with Crippen molar-refractivity contribution in [3.05, 3.63) is 24.3 Å². The first-order chi connectivity index (χ1) is 9.74. The Morgan fingerprint density at radius 2 is 1.81 bits per heavy atom. The highest BCUT2D eigenvalue weighted by Gasteiger charge is 2.27. The van der Waals surface area contributed by atoms with E-state index in [1.54, 1.807) is 24.3 Å². The second-order valence-electron chi connectivity index (χ2n) is 5.72. The molecule has 0 aliphatic rings. The fraction of sp³-hybridized carbons (Fsp3) is 0.467. The summed E-state index contributed by atoms with van der Waals surface area (Å²) in [4.78, 5) is 22.9. The third-order valence-electron chi connectivity index (χ3n) is 2.92. The zero-order valence-corrected chi connectivity index (χ0v) is 12.8. The summed E-state index contributed by atoms with van der Waals surface area (Å²) in [6.07, 6.45) is 0. The monoisotopic (exact) mass is 294 g/mol. The minimum atomic E-state index is -0.604. The summed E-state index contributed by atoms with van der Waals surface area (Å²) >= 11 is 0. The lowest BCUT2D eigenvalue weighted by atomic mass is 9.87. The molecule has 21 heavy (non-hydrogen) atoms. The molecule has 0 bridgehead atoms. The molecule has 0 aliphatic heterocycles. The summed E-state index contributed by atoms with van der Waals surface area (Å²) in [5, 5.41) is 2.74. The van der Waals surface area contributed by atoms with E-state index in [1.165, 1.54) is 7.11 Å². The molecule has 6 heteroatoms. The molecule has 1 amide bonds. The molecule has 1 aromatic carbocycles. The molecular formula is C15H22N2O4. The molecule has 1 rings (SSSR count). The molecule has 0 unspecified atom stereocenters. The van der Waals surface area contributed by atoms with Crippen LogP contribution < -0.4 is 15.8 Å². The maximum absolute atomic E-state index is 12.0. The van der Waals surface area contributed by atoms with Crippen LogP contribution in [-0.2, 0) is 14.3 Å². The first-order valence-electron chi connectivity index (χ1n) is 6.60. The van der Waals surface area contributed by atoms with Gasteiger partial charge in [-0.25, -0.2) is 4.79 Å². The lowest BCUT2D eigenvalue weighted by Gasteiger charge is -2.25. The number of rotatable bonds is 5. The van der Waals surface area contributed by atoms with Crippen molar-refractivity contribution in [1.29, 1.82) is 0 Å². The Balaban J connectivity index is 2.59. The Bertz CT molecular complexity index is 491. The van der Waals surface area contributed by atoms with Gasteiger partial charge in [-0.3, -0.25) is 4.79 Å². The first kappa shape index (κ1) is 17.0. The second-order valence-corrected chi connectivity index (χ2v) is 5.72. The standard InChI is InChI=1S/C15H22N2O4/c1-15(2,3)13(16)14(19)17-10-5-7-11(8-6-10)21-9-12(18)20-4/h5-8,13H,9,16H2,1-4H3,(H,17,19)/t13-/m1/s1. The summed E-state index contributed by atoms with van der Waals surface area (Å²) < 4.78 is 9.68. The number of anilines is 1. The Labute approximate surface area is 124 Å². The molecule has 0 saturated carbocycles. The van der Waals surface area contributed by atoms with Crippen LogP contribution in [-0.4, -0.2) is 31.6 Å². The van der Waals surface area contributed by atoms with Crippen molar-refractivity contribution < 1.29 is 19.1 Å². The van der Waals surface area contributed by atoms with Crippen molar-refractivity contribution in [3.63, 3.8) is 0 Å². The summed E-state index contributed by atoms with van der Waals surface area (Å²) in [5.74, 6) is -0.187. The lowest BCUT2D eigenvalue weighted by molar-refractivity contribution is -0.142. The molecule has 0 fully saturated rings. The van der Waals surface area contributed by atoms with Crippen LogP contribution in [0.15, 0.2) is 24.3 Å². The number of nitrogens with one attached hydrogen (secondary N) is 1. The van der Waals surface area contributed by atoms with Gasteiger partial charge in [0.25, 0.3) is 0 Å². The van der Waals surface area contributed by atoms with Gasteiger partial charge in [0.05, 0.1) is 13.2 Å². The van der Waals surface area contributed by atoms with Gasteiger partial charge in [0.2, 0.25) is 5.91 Å². The highest BCUT2D eigenvalue weighted by atomic mass is 16.6. The van der Waals surface area contributed by atoms with Crippen LogP contribution in [0.5, 0.6) is 5.75 Å². The fourth-order valence-electron chi connectivity index (χ4n) is 1.45. The van der Waals surface area contributed by atoms with Crippen molar-refractivity contribution in [3.8, 4) is 5.75 Å². The van der Waals surface area contributed by atoms with Gasteiger partial charge in [-0.2, -0.15) is 0 Å². The minimum Gasteiger partial charge on any atom is -0.482 e. The fourth-order valence-corrected chi connectivity index (χ4v) is 1.45. The molecule has 0 radical (unpaired) electrons. The maximum atomic E-state index is 12.0. The predicted molar refractivity (Wildman–Crippen MR) is 80.0 cm³/mol. The van der Waals surface area contributed by atoms with Crippen molar-refractivity contribution in [2.24, 2.45) is 11.1 Å². The smallest absolute Gasteiger partial charge is 0.343 e. The molecule has 3 N–H and O–H groups in total. The molecule has 0 spiro atoms. The Hall–Kier alpha value is -2.08. The van der Waals surface area contributed by atoms with Crippen LogP contribution in [0.2, 0.25) is 0 Å². The van der Waals surface area contributed by atoms with Crippen LogP contribution in [0.4, 0.5) is 5.69 Å². The topological polar surface area (TPSA) is 90.6 Å². The lowest BCUT2D eigenvalue weighted by Crippen LogP contribution is -2.45. The average molecular weight is 294 g/mol. The third kappa shape index (κ3) is 5.43. The van der Waals surface area contributed by atoms with E-state index in [2.05, 4.69) is 10.1 Å². The van der Waals surface area contributed by atoms with Crippen LogP contribution in [0.25, 0.3) is 0 Å². The normalized spacial score (nSPS) is 12.4. The van der Waals surface area contributed by atoms with Crippen molar-refractivity contribution >= 4 is 17.6 Å². The van der Waals surface area contributed by atoms with E-state index in [0.717, 1.165) is 0 Å². The maximum Gasteiger partial charge on any atom is 0.343 e. The number of ether oxygens (including phenoxy) is 2. The van der Waals surface area contributed by atoms with Gasteiger partial charge >= 0.3 is 5.97 Å². The number of nitrogens with two attached hydrogens (primary N) is 1. The summed E-state index contributed by atoms with van der Waals surface area (Å²) in [6, 6.07) is 6.06. The Morgan fingerprint density at radius 1 is 1.24 bits per heavy atom. The highest BCUT2D eigenvalue weighted by Crippen LogP contribution is 2.20. The average Bonchev–Trinajstić information content (AvgIpc) is 2.44. The van der Waals surface area contributed by atoms with Crippen molar-refractivity contribution in [1.82, 2.24) is 0 Å². The number of amides is 1. The van der Waals surface area contributed by atoms with Crippen LogP contribution in [0.3, 0.4) is 0 Å². The van der Waals surface area contributed by atoms with Crippen molar-refractivity contribution in [2.45, 2.75) is 26.8 Å². The Morgan fingerprint density at radius 3 is 2.29 bits per heavy atom. The third-order valence-corrected chi connectivity index (χ3v) is 2.92. The number of hydrogen-bond donors (Lipinski definition) is 2. The van der Waals surface area contributed by atoms with Crippen LogP contribution >= 0.6 is 0 Å². The van der Waals surface area contributed by atoms with E-state index in [9.17, 15) is 9.59 Å². The van der Waals surface area contributed by atoms with Gasteiger partial charge in [-0.1, -0.05) is 20.8 Å². The second kappa shape index (κ2) is 7.08. The molecule has 0 aromatic heterocycles. The van der Waals surface area contributed by atoms with Gasteiger partial charge in [0.1, 0.15) is 5.75 Å². The summed E-state index contributed by atoms with van der Waals surface area (Å²) in [5.41, 5.74) is 6.18. The molecule has 0 aliphatic carbocycles. The highest BCUT2D eigenvalue weighted by molar-refractivity contribution is 5.95. The molecule has 6 nitrogen and oxygen atoms in total. The van der Waals surface area contributed by atoms with E-state index >= 15 is 0 Å². The number of hydrogen-bond acceptors (Lipinski definition) is 5. The van der Waals surface area contributed by atoms with E-state index in [1.807, 2.05) is 20.8 Å². The number of benzene rings is 1. The summed E-state index contributed by atoms with van der Waals surface area (Å²) in [6.45, 7) is 5.56. The molecule has 1 atom stereocenters. The predicted octanol–water partition coefficient (Wildman–Crippen LogP) is 1.55. The first-order valence-corrected chi connectivity index (χ1v) is 6.60.